The van der Waals surface area contributed by atoms with E-state index in [1.807, 2.05) is 20.9 Å². The number of aromatic nitrogens is 2. The van der Waals surface area contributed by atoms with Crippen molar-refractivity contribution >= 4 is 11.6 Å². The number of H-pyrrole nitrogens is 1. The van der Waals surface area contributed by atoms with Gasteiger partial charge >= 0.3 is 0 Å². The van der Waals surface area contributed by atoms with Crippen LogP contribution >= 0.6 is 0 Å². The van der Waals surface area contributed by atoms with E-state index in [9.17, 15) is 4.79 Å². The van der Waals surface area contributed by atoms with E-state index in [4.69, 9.17) is 0 Å². The van der Waals surface area contributed by atoms with E-state index in [2.05, 4.69) is 34.7 Å². The molecule has 0 saturated heterocycles. The van der Waals surface area contributed by atoms with Crippen molar-refractivity contribution in [2.24, 2.45) is 5.92 Å². The van der Waals surface area contributed by atoms with Crippen molar-refractivity contribution in [3.05, 3.63) is 11.4 Å². The van der Waals surface area contributed by atoms with E-state index in [0.717, 1.165) is 23.5 Å². The summed E-state index contributed by atoms with van der Waals surface area (Å²) < 4.78 is 0. The summed E-state index contributed by atoms with van der Waals surface area (Å²) in [4.78, 5) is 12.1. The van der Waals surface area contributed by atoms with Crippen LogP contribution in [0, 0.1) is 19.8 Å². The van der Waals surface area contributed by atoms with Gasteiger partial charge in [-0.05, 0) is 33.2 Å². The van der Waals surface area contributed by atoms with Gasteiger partial charge < -0.3 is 10.6 Å². The highest BCUT2D eigenvalue weighted by atomic mass is 16.2. The van der Waals surface area contributed by atoms with Crippen LogP contribution in [0.25, 0.3) is 0 Å². The van der Waals surface area contributed by atoms with Crippen LogP contribution in [0.15, 0.2) is 0 Å². The molecular weight excluding hydrogens is 216 g/mol. The lowest BCUT2D eigenvalue weighted by atomic mass is 10.0. The third kappa shape index (κ3) is 3.56. The Morgan fingerprint density at radius 2 is 2.06 bits per heavy atom. The molecular formula is C12H22N4O. The topological polar surface area (TPSA) is 69.8 Å². The van der Waals surface area contributed by atoms with Gasteiger partial charge in [-0.2, -0.15) is 5.10 Å². The van der Waals surface area contributed by atoms with Crippen molar-refractivity contribution in [2.45, 2.75) is 40.2 Å². The molecule has 3 N–H and O–H groups in total. The molecule has 0 radical (unpaired) electrons. The Morgan fingerprint density at radius 3 is 2.47 bits per heavy atom. The Bertz CT molecular complexity index is 364. The molecule has 1 heterocycles. The average Bonchev–Trinajstić information content (AvgIpc) is 2.57. The number of anilines is 1. The zero-order chi connectivity index (χ0) is 13.0. The van der Waals surface area contributed by atoms with E-state index in [-0.39, 0.29) is 11.9 Å². The van der Waals surface area contributed by atoms with Gasteiger partial charge in [-0.25, -0.2) is 0 Å². The fraction of sp³-hybridized carbons (Fsp3) is 0.667. The maximum Gasteiger partial charge on any atom is 0.241 e. The Kier molecular flexibility index (Phi) is 4.69. The summed E-state index contributed by atoms with van der Waals surface area (Å²) in [5, 5.41) is 12.9. The molecule has 0 saturated carbocycles. The predicted octanol–water partition coefficient (Wildman–Crippen LogP) is 1.60. The maximum atomic E-state index is 12.1. The Balaban J connectivity index is 2.70. The van der Waals surface area contributed by atoms with E-state index < -0.39 is 0 Å². The monoisotopic (exact) mass is 238 g/mol. The molecule has 1 aromatic rings. The summed E-state index contributed by atoms with van der Waals surface area (Å²) in [7, 11) is 1.81. The average molecular weight is 238 g/mol. The Labute approximate surface area is 102 Å². The predicted molar refractivity (Wildman–Crippen MR) is 69.0 cm³/mol. The van der Waals surface area contributed by atoms with Crippen LogP contribution in [-0.2, 0) is 4.79 Å². The normalized spacial score (nSPS) is 12.8. The Hall–Kier alpha value is -1.36. The third-order valence-corrected chi connectivity index (χ3v) is 2.75. The van der Waals surface area contributed by atoms with Gasteiger partial charge in [0.05, 0.1) is 23.1 Å². The number of carbonyl (C=O) groups excluding carboxylic acids is 1. The minimum Gasteiger partial charge on any atom is -0.322 e. The second kappa shape index (κ2) is 5.82. The molecule has 1 aromatic heterocycles. The van der Waals surface area contributed by atoms with Gasteiger partial charge in [-0.1, -0.05) is 13.8 Å². The van der Waals surface area contributed by atoms with Crippen LogP contribution in [0.5, 0.6) is 0 Å². The zero-order valence-electron chi connectivity index (χ0n) is 11.2. The highest BCUT2D eigenvalue weighted by Crippen LogP contribution is 2.17. The lowest BCUT2D eigenvalue weighted by Gasteiger charge is -2.17. The molecule has 0 aromatic carbocycles. The molecule has 5 nitrogen and oxygen atoms in total. The van der Waals surface area contributed by atoms with Gasteiger partial charge in [0.15, 0.2) is 0 Å². The molecule has 17 heavy (non-hydrogen) atoms. The van der Waals surface area contributed by atoms with Gasteiger partial charge in [0.1, 0.15) is 0 Å². The van der Waals surface area contributed by atoms with Crippen molar-refractivity contribution < 1.29 is 4.79 Å². The first-order valence-corrected chi connectivity index (χ1v) is 5.95. The van der Waals surface area contributed by atoms with Gasteiger partial charge in [0.25, 0.3) is 0 Å². The minimum absolute atomic E-state index is 0.00574. The second-order valence-corrected chi connectivity index (χ2v) is 4.77. The van der Waals surface area contributed by atoms with Gasteiger partial charge in [-0.15, -0.1) is 0 Å². The van der Waals surface area contributed by atoms with Crippen molar-refractivity contribution in [2.75, 3.05) is 12.4 Å². The summed E-state index contributed by atoms with van der Waals surface area (Å²) in [5.74, 6) is 0.471. The fourth-order valence-corrected chi connectivity index (χ4v) is 1.77. The third-order valence-electron chi connectivity index (χ3n) is 2.75. The number of hydrogen-bond acceptors (Lipinski definition) is 3. The molecule has 1 rings (SSSR count). The molecule has 96 valence electrons. The first-order valence-electron chi connectivity index (χ1n) is 5.95. The van der Waals surface area contributed by atoms with Crippen LogP contribution in [0.1, 0.15) is 31.7 Å². The highest BCUT2D eigenvalue weighted by molar-refractivity contribution is 5.95. The molecule has 0 spiro atoms. The second-order valence-electron chi connectivity index (χ2n) is 4.77. The standard InChI is InChI=1S/C12H22N4O/c1-7(2)6-10(13-5)12(17)14-11-8(3)15-16-9(11)4/h7,10,13H,6H2,1-5H3,(H,14,17)(H,15,16). The van der Waals surface area contributed by atoms with Gasteiger partial charge in [0, 0.05) is 0 Å². The van der Waals surface area contributed by atoms with Crippen molar-refractivity contribution in [3.8, 4) is 0 Å². The van der Waals surface area contributed by atoms with Crippen molar-refractivity contribution in [3.63, 3.8) is 0 Å². The molecule has 1 atom stereocenters. The first kappa shape index (κ1) is 13.7. The number of rotatable bonds is 5. The first-order chi connectivity index (χ1) is 7.95. The van der Waals surface area contributed by atoms with Crippen LogP contribution in [0.2, 0.25) is 0 Å². The van der Waals surface area contributed by atoms with Crippen molar-refractivity contribution in [1.82, 2.24) is 15.5 Å². The molecule has 0 aliphatic carbocycles. The molecule has 0 bridgehead atoms. The van der Waals surface area contributed by atoms with Crippen molar-refractivity contribution in [1.29, 1.82) is 0 Å². The zero-order valence-corrected chi connectivity index (χ0v) is 11.2. The van der Waals surface area contributed by atoms with Crippen LogP contribution in [-0.4, -0.2) is 29.2 Å². The number of carbonyl (C=O) groups is 1. The molecule has 0 fully saturated rings. The number of aryl methyl sites for hydroxylation is 2. The quantitative estimate of drug-likeness (QED) is 0.729. The molecule has 0 aliphatic rings. The number of likely N-dealkylation sites (N-methyl/N-ethyl adjacent to an activating group) is 1. The molecule has 0 aliphatic heterocycles. The lowest BCUT2D eigenvalue weighted by Crippen LogP contribution is -2.39. The molecule has 1 amide bonds. The fourth-order valence-electron chi connectivity index (χ4n) is 1.77. The van der Waals surface area contributed by atoms with Crippen LogP contribution < -0.4 is 10.6 Å². The molecule has 1 unspecified atom stereocenters. The SMILES string of the molecule is CNC(CC(C)C)C(=O)Nc1c(C)n[nH]c1C. The maximum absolute atomic E-state index is 12.1. The van der Waals surface area contributed by atoms with Gasteiger partial charge in [0.2, 0.25) is 5.91 Å². The van der Waals surface area contributed by atoms with Crippen LogP contribution in [0.4, 0.5) is 5.69 Å². The van der Waals surface area contributed by atoms with E-state index in [1.54, 1.807) is 0 Å². The number of nitrogens with zero attached hydrogens (tertiary/aromatic N) is 1. The summed E-state index contributed by atoms with van der Waals surface area (Å²) in [5.41, 5.74) is 2.49. The highest BCUT2D eigenvalue weighted by Gasteiger charge is 2.19. The summed E-state index contributed by atoms with van der Waals surface area (Å²) in [6.07, 6.45) is 0.818. The minimum atomic E-state index is -0.163. The number of amides is 1. The summed E-state index contributed by atoms with van der Waals surface area (Å²) in [6.45, 7) is 7.97. The summed E-state index contributed by atoms with van der Waals surface area (Å²) >= 11 is 0. The van der Waals surface area contributed by atoms with E-state index in [0.29, 0.717) is 5.92 Å². The van der Waals surface area contributed by atoms with Gasteiger partial charge in [-0.3, -0.25) is 9.89 Å². The van der Waals surface area contributed by atoms with E-state index in [1.165, 1.54) is 0 Å². The number of hydrogen-bond donors (Lipinski definition) is 3. The number of nitrogens with one attached hydrogen (secondary N) is 3. The number of aromatic amines is 1. The van der Waals surface area contributed by atoms with Crippen LogP contribution in [0.3, 0.4) is 0 Å². The molecule has 5 heteroatoms. The largest absolute Gasteiger partial charge is 0.322 e. The lowest BCUT2D eigenvalue weighted by molar-refractivity contribution is -0.118. The smallest absolute Gasteiger partial charge is 0.241 e. The Morgan fingerprint density at radius 1 is 1.41 bits per heavy atom. The van der Waals surface area contributed by atoms with E-state index >= 15 is 0 Å². The summed E-state index contributed by atoms with van der Waals surface area (Å²) in [6, 6.07) is -0.163.